The van der Waals surface area contributed by atoms with Gasteiger partial charge in [-0.3, -0.25) is 4.79 Å². The average Bonchev–Trinajstić information content (AvgIpc) is 2.50. The lowest BCUT2D eigenvalue weighted by Crippen LogP contribution is -2.60. The second-order valence-corrected chi connectivity index (χ2v) is 7.27. The first-order chi connectivity index (χ1) is 10.2. The van der Waals surface area contributed by atoms with E-state index < -0.39 is 5.60 Å². The molecule has 0 saturated heterocycles. The van der Waals surface area contributed by atoms with Crippen molar-refractivity contribution in [3.63, 3.8) is 0 Å². The molecule has 2 bridgehead atoms. The molecule has 2 heteroatoms. The van der Waals surface area contributed by atoms with Crippen molar-refractivity contribution in [1.82, 2.24) is 0 Å². The first-order valence-corrected chi connectivity index (χ1v) is 8.53. The quantitative estimate of drug-likeness (QED) is 0.854. The van der Waals surface area contributed by atoms with Crippen LogP contribution in [0.2, 0.25) is 0 Å². The summed E-state index contributed by atoms with van der Waals surface area (Å²) >= 11 is 0. The van der Waals surface area contributed by atoms with Crippen LogP contribution in [0.15, 0.2) is 30.3 Å². The van der Waals surface area contributed by atoms with Gasteiger partial charge in [0.1, 0.15) is 5.78 Å². The average molecular weight is 284 g/mol. The molecule has 0 spiro atoms. The summed E-state index contributed by atoms with van der Waals surface area (Å²) in [5.74, 6) is 0.939. The summed E-state index contributed by atoms with van der Waals surface area (Å²) in [6, 6.07) is 10.5. The van der Waals surface area contributed by atoms with Crippen LogP contribution in [0.25, 0.3) is 0 Å². The molecule has 0 aromatic heterocycles. The van der Waals surface area contributed by atoms with E-state index >= 15 is 0 Å². The number of Topliss-reactive ketones (excluding diaryl/α,β-unsaturated/α-hetero) is 1. The molecule has 4 rings (SSSR count). The number of carbonyl (C=O) groups excluding carboxylic acids is 1. The van der Waals surface area contributed by atoms with Crippen LogP contribution >= 0.6 is 0 Å². The summed E-state index contributed by atoms with van der Waals surface area (Å²) in [6.45, 7) is 0. The number of benzene rings is 1. The fraction of sp³-hybridized carbons (Fsp3) is 0.632. The number of ketones is 1. The van der Waals surface area contributed by atoms with Gasteiger partial charge in [-0.15, -0.1) is 0 Å². The monoisotopic (exact) mass is 284 g/mol. The molecule has 3 aliphatic rings. The molecule has 2 nitrogen and oxygen atoms in total. The maximum absolute atomic E-state index is 12.9. The van der Waals surface area contributed by atoms with Gasteiger partial charge in [0.25, 0.3) is 0 Å². The lowest BCUT2D eigenvalue weighted by molar-refractivity contribution is -0.172. The fourth-order valence-corrected chi connectivity index (χ4v) is 5.49. The predicted molar refractivity (Wildman–Crippen MR) is 81.9 cm³/mol. The largest absolute Gasteiger partial charge is 0.389 e. The Bertz CT molecular complexity index is 538. The van der Waals surface area contributed by atoms with Crippen molar-refractivity contribution in [2.45, 2.75) is 56.5 Å². The van der Waals surface area contributed by atoms with Gasteiger partial charge in [-0.2, -0.15) is 0 Å². The molecule has 21 heavy (non-hydrogen) atoms. The van der Waals surface area contributed by atoms with Crippen molar-refractivity contribution in [2.75, 3.05) is 0 Å². The summed E-state index contributed by atoms with van der Waals surface area (Å²) in [4.78, 5) is 12.9. The number of hydrogen-bond donors (Lipinski definition) is 1. The van der Waals surface area contributed by atoms with Crippen LogP contribution in [-0.4, -0.2) is 16.5 Å². The van der Waals surface area contributed by atoms with Gasteiger partial charge < -0.3 is 5.11 Å². The predicted octanol–water partition coefficient (Wildman–Crippen LogP) is 3.69. The van der Waals surface area contributed by atoms with E-state index in [0.29, 0.717) is 5.78 Å². The third-order valence-electron chi connectivity index (χ3n) is 6.36. The molecule has 1 aromatic rings. The Morgan fingerprint density at radius 1 is 1.00 bits per heavy atom. The summed E-state index contributed by atoms with van der Waals surface area (Å²) in [5, 5.41) is 11.4. The molecule has 0 aliphatic heterocycles. The molecule has 0 heterocycles. The van der Waals surface area contributed by atoms with E-state index in [4.69, 9.17) is 0 Å². The molecule has 3 fully saturated rings. The van der Waals surface area contributed by atoms with Crippen molar-refractivity contribution < 1.29 is 9.90 Å². The standard InChI is InChI=1S/C19H24O2/c20-18-14-9-6-11-16(18)19(21)12-5-4-10-15(19)17(14)13-7-2-1-3-8-13/h1-3,7-8,14-17,21H,4-6,9-12H2/t14-,15-,16+,17+,19-/m0/s1. The summed E-state index contributed by atoms with van der Waals surface area (Å²) in [5.41, 5.74) is 0.536. The second-order valence-electron chi connectivity index (χ2n) is 7.27. The molecule has 112 valence electrons. The highest BCUT2D eigenvalue weighted by molar-refractivity contribution is 5.87. The van der Waals surface area contributed by atoms with Gasteiger partial charge in [0, 0.05) is 11.8 Å². The number of aliphatic hydroxyl groups is 1. The second kappa shape index (κ2) is 4.95. The molecular weight excluding hydrogens is 260 g/mol. The van der Waals surface area contributed by atoms with Crippen molar-refractivity contribution in [2.24, 2.45) is 17.8 Å². The molecule has 5 atom stereocenters. The van der Waals surface area contributed by atoms with Crippen LogP contribution in [-0.2, 0) is 4.79 Å². The van der Waals surface area contributed by atoms with Crippen LogP contribution in [0.1, 0.15) is 56.4 Å². The van der Waals surface area contributed by atoms with E-state index in [2.05, 4.69) is 24.3 Å². The van der Waals surface area contributed by atoms with Gasteiger partial charge in [0.05, 0.1) is 5.60 Å². The minimum atomic E-state index is -0.729. The van der Waals surface area contributed by atoms with E-state index in [-0.39, 0.29) is 23.7 Å². The highest BCUT2D eigenvalue weighted by Gasteiger charge is 2.59. The first kappa shape index (κ1) is 13.5. The third-order valence-corrected chi connectivity index (χ3v) is 6.36. The van der Waals surface area contributed by atoms with Crippen LogP contribution in [0.4, 0.5) is 0 Å². The van der Waals surface area contributed by atoms with Crippen LogP contribution in [0.5, 0.6) is 0 Å². The highest BCUT2D eigenvalue weighted by Crippen LogP contribution is 2.57. The normalized spacial score (nSPS) is 42.4. The Hall–Kier alpha value is -1.15. The molecule has 3 saturated carbocycles. The Morgan fingerprint density at radius 2 is 1.81 bits per heavy atom. The Morgan fingerprint density at radius 3 is 2.62 bits per heavy atom. The van der Waals surface area contributed by atoms with Gasteiger partial charge in [-0.1, -0.05) is 49.6 Å². The van der Waals surface area contributed by atoms with Crippen LogP contribution in [0.3, 0.4) is 0 Å². The zero-order chi connectivity index (χ0) is 14.4. The highest BCUT2D eigenvalue weighted by atomic mass is 16.3. The molecule has 1 N–H and O–H groups in total. The van der Waals surface area contributed by atoms with Gasteiger partial charge in [0.2, 0.25) is 0 Å². The van der Waals surface area contributed by atoms with E-state index in [9.17, 15) is 9.90 Å². The van der Waals surface area contributed by atoms with Crippen LogP contribution in [0, 0.1) is 17.8 Å². The maximum atomic E-state index is 12.9. The zero-order valence-electron chi connectivity index (χ0n) is 12.5. The smallest absolute Gasteiger partial charge is 0.142 e. The van der Waals surface area contributed by atoms with E-state index in [1.807, 2.05) is 6.07 Å². The van der Waals surface area contributed by atoms with Crippen LogP contribution < -0.4 is 0 Å². The molecule has 1 aromatic carbocycles. The lowest BCUT2D eigenvalue weighted by atomic mass is 9.49. The van der Waals surface area contributed by atoms with Crippen molar-refractivity contribution in [3.05, 3.63) is 35.9 Å². The Balaban J connectivity index is 1.82. The van der Waals surface area contributed by atoms with E-state index in [1.165, 1.54) is 12.0 Å². The minimum absolute atomic E-state index is 0.0819. The molecule has 0 radical (unpaired) electrons. The number of rotatable bonds is 1. The molecular formula is C19H24O2. The van der Waals surface area contributed by atoms with Crippen molar-refractivity contribution in [3.8, 4) is 0 Å². The van der Waals surface area contributed by atoms with Gasteiger partial charge in [0.15, 0.2) is 0 Å². The topological polar surface area (TPSA) is 37.3 Å². The Labute approximate surface area is 126 Å². The molecule has 0 unspecified atom stereocenters. The Kier molecular flexibility index (Phi) is 3.18. The van der Waals surface area contributed by atoms with E-state index in [1.54, 1.807) is 0 Å². The molecule has 3 aliphatic carbocycles. The van der Waals surface area contributed by atoms with Crippen molar-refractivity contribution >= 4 is 5.78 Å². The number of hydrogen-bond acceptors (Lipinski definition) is 2. The summed E-state index contributed by atoms with van der Waals surface area (Å²) < 4.78 is 0. The minimum Gasteiger partial charge on any atom is -0.389 e. The SMILES string of the molecule is O=C1[C@H]2CCC[C@H]1[C@]1(O)CCCC[C@H]1[C@@H]2c1ccccc1. The summed E-state index contributed by atoms with van der Waals surface area (Å²) in [7, 11) is 0. The van der Waals surface area contributed by atoms with Crippen molar-refractivity contribution in [1.29, 1.82) is 0 Å². The lowest BCUT2D eigenvalue weighted by Gasteiger charge is -2.56. The van der Waals surface area contributed by atoms with Gasteiger partial charge in [-0.25, -0.2) is 0 Å². The third kappa shape index (κ3) is 1.92. The zero-order valence-corrected chi connectivity index (χ0v) is 12.5. The van der Waals surface area contributed by atoms with Gasteiger partial charge >= 0.3 is 0 Å². The molecule has 0 amide bonds. The summed E-state index contributed by atoms with van der Waals surface area (Å²) in [6.07, 6.45) is 7.19. The first-order valence-electron chi connectivity index (χ1n) is 8.53. The number of fused-ring (bicyclic) bond motifs is 4. The number of carbonyl (C=O) groups is 1. The van der Waals surface area contributed by atoms with Gasteiger partial charge in [-0.05, 0) is 43.1 Å². The van der Waals surface area contributed by atoms with E-state index in [0.717, 1.165) is 38.5 Å². The maximum Gasteiger partial charge on any atom is 0.142 e. The fourth-order valence-electron chi connectivity index (χ4n) is 5.49.